The van der Waals surface area contributed by atoms with E-state index in [4.69, 9.17) is 11.5 Å². The molecule has 4 aromatic rings. The van der Waals surface area contributed by atoms with Crippen LogP contribution in [-0.4, -0.2) is 59.3 Å². The number of amides is 1. The number of halogens is 1. The van der Waals surface area contributed by atoms with Gasteiger partial charge in [0, 0.05) is 37.5 Å². The van der Waals surface area contributed by atoms with Gasteiger partial charge in [-0.3, -0.25) is 4.79 Å². The second-order valence-corrected chi connectivity index (χ2v) is 6.68. The number of rotatable bonds is 1. The van der Waals surface area contributed by atoms with E-state index in [9.17, 15) is 9.18 Å². The van der Waals surface area contributed by atoms with Crippen molar-refractivity contribution < 1.29 is 9.18 Å². The molecule has 0 saturated carbocycles. The zero-order valence-corrected chi connectivity index (χ0v) is 15.7. The molecule has 0 spiro atoms. The molecule has 1 atom stereocenters. The average molecular weight is 397 g/mol. The highest BCUT2D eigenvalue weighted by Gasteiger charge is 2.22. The van der Waals surface area contributed by atoms with Crippen LogP contribution < -0.4 is 11.5 Å². The van der Waals surface area contributed by atoms with Gasteiger partial charge in [0.1, 0.15) is 11.7 Å². The third-order valence-corrected chi connectivity index (χ3v) is 4.66. The van der Waals surface area contributed by atoms with Gasteiger partial charge in [-0.05, 0) is 18.6 Å². The van der Waals surface area contributed by atoms with Crippen LogP contribution in [0.3, 0.4) is 0 Å². The lowest BCUT2D eigenvalue weighted by atomic mass is 10.2. The smallest absolute Gasteiger partial charge is 0.240 e. The number of nitrogens with two attached hydrogens (primary N) is 2. The van der Waals surface area contributed by atoms with E-state index in [1.165, 1.54) is 11.8 Å². The van der Waals surface area contributed by atoms with Crippen molar-refractivity contribution in [2.24, 2.45) is 0 Å². The zero-order chi connectivity index (χ0) is 20.5. The molecule has 1 aliphatic heterocycles. The van der Waals surface area contributed by atoms with Crippen molar-refractivity contribution in [3.63, 3.8) is 0 Å². The second kappa shape index (κ2) is 7.34. The minimum Gasteiger partial charge on any atom is -0.382 e. The van der Waals surface area contributed by atoms with Crippen LogP contribution in [-0.2, 0) is 4.79 Å². The molecular weight excluding hydrogens is 377 g/mol. The zero-order valence-electron chi connectivity index (χ0n) is 15.7. The maximum Gasteiger partial charge on any atom is 0.240 e. The summed E-state index contributed by atoms with van der Waals surface area (Å²) in [6.45, 7) is 2.36. The van der Waals surface area contributed by atoms with Gasteiger partial charge in [-0.2, -0.15) is 10.1 Å². The average Bonchev–Trinajstić information content (AvgIpc) is 3.40. The lowest BCUT2D eigenvalue weighted by Gasteiger charge is -2.10. The van der Waals surface area contributed by atoms with E-state index in [1.54, 1.807) is 21.4 Å². The maximum atomic E-state index is 12.3. The number of hydrogen-bond donors (Lipinski definition) is 2. The highest BCUT2D eigenvalue weighted by atomic mass is 19.1. The van der Waals surface area contributed by atoms with Crippen LogP contribution in [0.5, 0.6) is 0 Å². The van der Waals surface area contributed by atoms with Gasteiger partial charge in [-0.15, -0.1) is 5.10 Å². The maximum absolute atomic E-state index is 12.3. The summed E-state index contributed by atoms with van der Waals surface area (Å²) in [6.07, 6.45) is 5.05. The SMILES string of the molecule is CC(=O)N1CC[C@@H](F)C1.Nc1nc(N)c2c(-c3ccn4nccc4n3)ccn2n1. The summed E-state index contributed by atoms with van der Waals surface area (Å²) in [7, 11) is 0. The van der Waals surface area contributed by atoms with Crippen molar-refractivity contribution in [3.05, 3.63) is 36.8 Å². The molecule has 29 heavy (non-hydrogen) atoms. The van der Waals surface area contributed by atoms with E-state index < -0.39 is 6.17 Å². The van der Waals surface area contributed by atoms with E-state index in [2.05, 4.69) is 20.2 Å². The first-order chi connectivity index (χ1) is 13.9. The van der Waals surface area contributed by atoms with Gasteiger partial charge < -0.3 is 16.4 Å². The molecule has 5 heterocycles. The number of nitrogen functional groups attached to an aromatic ring is 2. The van der Waals surface area contributed by atoms with Gasteiger partial charge in [0.25, 0.3) is 0 Å². The van der Waals surface area contributed by atoms with Crippen molar-refractivity contribution in [1.29, 1.82) is 0 Å². The Labute approximate surface area is 164 Å². The van der Waals surface area contributed by atoms with E-state index in [0.29, 0.717) is 30.8 Å². The molecule has 1 saturated heterocycles. The van der Waals surface area contributed by atoms with Gasteiger partial charge >= 0.3 is 0 Å². The molecule has 0 unspecified atom stereocenters. The van der Waals surface area contributed by atoms with E-state index in [1.807, 2.05) is 24.4 Å². The third-order valence-electron chi connectivity index (χ3n) is 4.66. The highest BCUT2D eigenvalue weighted by molar-refractivity contribution is 5.86. The predicted octanol–water partition coefficient (Wildman–Crippen LogP) is 1.18. The van der Waals surface area contributed by atoms with Crippen LogP contribution >= 0.6 is 0 Å². The molecule has 10 nitrogen and oxygen atoms in total. The number of nitrogens with zero attached hydrogens (tertiary/aromatic N) is 7. The number of fused-ring (bicyclic) bond motifs is 2. The Morgan fingerprint density at radius 2 is 1.97 bits per heavy atom. The third kappa shape index (κ3) is 3.66. The minimum atomic E-state index is -0.783. The molecule has 11 heteroatoms. The van der Waals surface area contributed by atoms with Gasteiger partial charge in [0.05, 0.1) is 18.4 Å². The van der Waals surface area contributed by atoms with Crippen molar-refractivity contribution >= 4 is 28.8 Å². The number of likely N-dealkylation sites (tertiary alicyclic amines) is 1. The monoisotopic (exact) mass is 397 g/mol. The molecule has 0 bridgehead atoms. The first-order valence-electron chi connectivity index (χ1n) is 9.03. The molecule has 4 aromatic heterocycles. The first kappa shape index (κ1) is 18.6. The fourth-order valence-corrected chi connectivity index (χ4v) is 3.24. The van der Waals surface area contributed by atoms with Crippen LogP contribution in [0.1, 0.15) is 13.3 Å². The fourth-order valence-electron chi connectivity index (χ4n) is 3.24. The second-order valence-electron chi connectivity index (χ2n) is 6.68. The molecule has 0 aliphatic carbocycles. The molecule has 150 valence electrons. The summed E-state index contributed by atoms with van der Waals surface area (Å²) in [6, 6.07) is 5.58. The molecule has 4 N–H and O–H groups in total. The van der Waals surface area contributed by atoms with Crippen molar-refractivity contribution in [3.8, 4) is 11.3 Å². The Kier molecular flexibility index (Phi) is 4.71. The number of alkyl halides is 1. The number of carbonyl (C=O) groups excluding carboxylic acids is 1. The normalized spacial score (nSPS) is 16.2. The Balaban J connectivity index is 0.000000192. The first-order valence-corrected chi connectivity index (χ1v) is 9.03. The lowest BCUT2D eigenvalue weighted by molar-refractivity contribution is -0.127. The summed E-state index contributed by atoms with van der Waals surface area (Å²) >= 11 is 0. The van der Waals surface area contributed by atoms with Gasteiger partial charge in [-0.25, -0.2) is 18.4 Å². The summed E-state index contributed by atoms with van der Waals surface area (Å²) in [5.74, 6) is 0.444. The number of hydrogen-bond acceptors (Lipinski definition) is 7. The van der Waals surface area contributed by atoms with Crippen LogP contribution in [0.25, 0.3) is 22.4 Å². The highest BCUT2D eigenvalue weighted by Crippen LogP contribution is 2.27. The van der Waals surface area contributed by atoms with Crippen molar-refractivity contribution in [1.82, 2.24) is 34.1 Å². The van der Waals surface area contributed by atoms with Crippen LogP contribution in [0.2, 0.25) is 0 Å². The molecule has 0 radical (unpaired) electrons. The predicted molar refractivity (Wildman–Crippen MR) is 106 cm³/mol. The van der Waals surface area contributed by atoms with Gasteiger partial charge in [0.2, 0.25) is 11.9 Å². The summed E-state index contributed by atoms with van der Waals surface area (Å²) < 4.78 is 15.6. The topological polar surface area (TPSA) is 133 Å². The minimum absolute atomic E-state index is 0.0184. The molecule has 1 aliphatic rings. The fraction of sp³-hybridized carbons (Fsp3) is 0.278. The quantitative estimate of drug-likeness (QED) is 0.493. The van der Waals surface area contributed by atoms with Crippen LogP contribution in [0.15, 0.2) is 36.8 Å². The Hall–Kier alpha value is -3.76. The number of aromatic nitrogens is 6. The van der Waals surface area contributed by atoms with E-state index in [-0.39, 0.29) is 11.9 Å². The lowest BCUT2D eigenvalue weighted by Crippen LogP contribution is -2.25. The van der Waals surface area contributed by atoms with Crippen LogP contribution in [0, 0.1) is 0 Å². The molecular formula is C18H20FN9O. The molecule has 0 aromatic carbocycles. The Morgan fingerprint density at radius 3 is 2.66 bits per heavy atom. The molecule has 5 rings (SSSR count). The Bertz CT molecular complexity index is 1180. The van der Waals surface area contributed by atoms with Gasteiger partial charge in [-0.1, -0.05) is 0 Å². The van der Waals surface area contributed by atoms with E-state index in [0.717, 1.165) is 16.9 Å². The van der Waals surface area contributed by atoms with Crippen molar-refractivity contribution in [2.75, 3.05) is 24.6 Å². The summed E-state index contributed by atoms with van der Waals surface area (Å²) in [5, 5.41) is 8.21. The van der Waals surface area contributed by atoms with Crippen molar-refractivity contribution in [2.45, 2.75) is 19.5 Å². The van der Waals surface area contributed by atoms with Gasteiger partial charge in [0.15, 0.2) is 11.5 Å². The van der Waals surface area contributed by atoms with E-state index >= 15 is 0 Å². The standard InChI is InChI=1S/C12H10N8.C6H10FNO/c13-11-10-7(2-5-20(10)18-12(14)17-11)8-3-6-19-9(16-8)1-4-15-19;1-5(9)8-3-2-6(7)4-8/h1-6H,(H4,13,14,17,18);6H,2-4H2,1H3/t;6-/m.1/s1. The molecule has 1 fully saturated rings. The van der Waals surface area contributed by atoms with Crippen LogP contribution in [0.4, 0.5) is 16.2 Å². The largest absolute Gasteiger partial charge is 0.382 e. The number of carbonyl (C=O) groups is 1. The molecule has 1 amide bonds. The summed E-state index contributed by atoms with van der Waals surface area (Å²) in [5.41, 5.74) is 14.6. The number of anilines is 2. The summed E-state index contributed by atoms with van der Waals surface area (Å²) in [4.78, 5) is 20.6. The Morgan fingerprint density at radius 1 is 1.17 bits per heavy atom.